The molecule has 0 amide bonds. The average molecular weight is 275 g/mol. The van der Waals surface area contributed by atoms with Crippen LogP contribution < -0.4 is 5.56 Å². The van der Waals surface area contributed by atoms with E-state index in [1.807, 2.05) is 10.8 Å². The maximum atomic E-state index is 12.7. The lowest BCUT2D eigenvalue weighted by Crippen LogP contribution is -2.39. The Balaban J connectivity index is 1.98. The van der Waals surface area contributed by atoms with Crippen LogP contribution in [0.1, 0.15) is 63.5 Å². The summed E-state index contributed by atoms with van der Waals surface area (Å²) >= 11 is 0. The van der Waals surface area contributed by atoms with E-state index in [-0.39, 0.29) is 23.0 Å². The second kappa shape index (κ2) is 4.73. The molecule has 2 saturated carbocycles. The number of rotatable bonds is 3. The van der Waals surface area contributed by atoms with Gasteiger partial charge in [-0.2, -0.15) is 0 Å². The lowest BCUT2D eigenvalue weighted by molar-refractivity contribution is 0.0141. The number of nitrogens with zero attached hydrogens (tertiary/aromatic N) is 1. The molecule has 3 nitrogen and oxygen atoms in total. The summed E-state index contributed by atoms with van der Waals surface area (Å²) in [7, 11) is 0. The van der Waals surface area contributed by atoms with Crippen molar-refractivity contribution in [3.05, 3.63) is 33.7 Å². The molecule has 110 valence electrons. The van der Waals surface area contributed by atoms with Gasteiger partial charge in [0.1, 0.15) is 0 Å². The van der Waals surface area contributed by atoms with Crippen molar-refractivity contribution in [3.8, 4) is 0 Å². The van der Waals surface area contributed by atoms with E-state index in [0.29, 0.717) is 12.5 Å². The molecule has 0 saturated heterocycles. The van der Waals surface area contributed by atoms with Gasteiger partial charge in [0.2, 0.25) is 0 Å². The topological polar surface area (TPSA) is 42.2 Å². The molecule has 20 heavy (non-hydrogen) atoms. The van der Waals surface area contributed by atoms with Crippen LogP contribution in [-0.4, -0.2) is 15.8 Å². The maximum Gasteiger partial charge on any atom is 0.254 e. The number of aliphatic hydroxyl groups is 1. The van der Waals surface area contributed by atoms with Crippen molar-refractivity contribution >= 4 is 0 Å². The van der Waals surface area contributed by atoms with Crippen molar-refractivity contribution in [2.75, 3.05) is 0 Å². The number of hydrogen-bond acceptors (Lipinski definition) is 2. The van der Waals surface area contributed by atoms with Crippen molar-refractivity contribution in [2.45, 2.75) is 70.4 Å². The fraction of sp³-hybridized carbons (Fsp3) is 0.706. The summed E-state index contributed by atoms with van der Waals surface area (Å²) in [6.45, 7) is 6.97. The molecule has 1 heterocycles. The van der Waals surface area contributed by atoms with Crippen molar-refractivity contribution in [3.63, 3.8) is 0 Å². The second-order valence-electron chi connectivity index (χ2n) is 7.57. The molecule has 0 bridgehead atoms. The Hall–Kier alpha value is -1.09. The molecule has 0 aliphatic heterocycles. The summed E-state index contributed by atoms with van der Waals surface area (Å²) < 4.78 is 1.86. The molecule has 0 aromatic carbocycles. The van der Waals surface area contributed by atoms with E-state index >= 15 is 0 Å². The summed E-state index contributed by atoms with van der Waals surface area (Å²) in [5.41, 5.74) is 2.22. The highest BCUT2D eigenvalue weighted by molar-refractivity contribution is 5.30. The van der Waals surface area contributed by atoms with Crippen LogP contribution in [0.3, 0.4) is 0 Å². The van der Waals surface area contributed by atoms with Gasteiger partial charge < -0.3 is 9.67 Å². The van der Waals surface area contributed by atoms with Crippen LogP contribution in [0.15, 0.2) is 17.1 Å². The molecule has 1 aromatic rings. The summed E-state index contributed by atoms with van der Waals surface area (Å²) in [6.07, 6.45) is 6.23. The van der Waals surface area contributed by atoms with Crippen molar-refractivity contribution in [2.24, 2.45) is 5.92 Å². The predicted molar refractivity (Wildman–Crippen MR) is 80.1 cm³/mol. The van der Waals surface area contributed by atoms with Crippen molar-refractivity contribution in [1.82, 2.24) is 4.57 Å². The zero-order valence-electron chi connectivity index (χ0n) is 12.7. The Kier molecular flexibility index (Phi) is 3.28. The molecule has 3 heteroatoms. The zero-order chi connectivity index (χ0) is 14.5. The third-order valence-corrected chi connectivity index (χ3v) is 4.77. The Morgan fingerprint density at radius 1 is 1.25 bits per heavy atom. The first-order valence-corrected chi connectivity index (χ1v) is 7.79. The predicted octanol–water partition coefficient (Wildman–Crippen LogP) is 2.79. The van der Waals surface area contributed by atoms with Gasteiger partial charge in [0, 0.05) is 24.2 Å². The van der Waals surface area contributed by atoms with Gasteiger partial charge in [0.05, 0.1) is 6.10 Å². The average Bonchev–Trinajstić information content (AvgIpc) is 3.18. The molecular formula is C17H25NO2. The van der Waals surface area contributed by atoms with E-state index < -0.39 is 0 Å². The van der Waals surface area contributed by atoms with Gasteiger partial charge in [-0.05, 0) is 48.6 Å². The molecule has 2 aliphatic carbocycles. The normalized spacial score (nSPS) is 26.4. The first kappa shape index (κ1) is 13.9. The first-order valence-electron chi connectivity index (χ1n) is 7.79. The third kappa shape index (κ3) is 2.56. The van der Waals surface area contributed by atoms with Crippen LogP contribution in [0, 0.1) is 5.92 Å². The number of pyridine rings is 1. The van der Waals surface area contributed by atoms with Gasteiger partial charge in [-0.1, -0.05) is 20.8 Å². The molecule has 2 aliphatic rings. The lowest BCUT2D eigenvalue weighted by Gasteiger charge is -2.33. The molecule has 0 spiro atoms. The third-order valence-electron chi connectivity index (χ3n) is 4.77. The molecular weight excluding hydrogens is 250 g/mol. The Bertz CT molecular complexity index is 563. The van der Waals surface area contributed by atoms with Crippen molar-refractivity contribution in [1.29, 1.82) is 0 Å². The van der Waals surface area contributed by atoms with E-state index in [9.17, 15) is 9.90 Å². The molecule has 1 N–H and O–H groups in total. The van der Waals surface area contributed by atoms with Crippen LogP contribution in [0.25, 0.3) is 0 Å². The van der Waals surface area contributed by atoms with Gasteiger partial charge in [-0.3, -0.25) is 4.79 Å². The van der Waals surface area contributed by atoms with Gasteiger partial charge in [-0.25, -0.2) is 0 Å². The quantitative estimate of drug-likeness (QED) is 0.921. The molecule has 1 aromatic heterocycles. The van der Waals surface area contributed by atoms with Gasteiger partial charge in [0.25, 0.3) is 5.56 Å². The van der Waals surface area contributed by atoms with Gasteiger partial charge >= 0.3 is 0 Å². The summed E-state index contributed by atoms with van der Waals surface area (Å²) in [5.74, 6) is 0.907. The Morgan fingerprint density at radius 2 is 1.95 bits per heavy atom. The van der Waals surface area contributed by atoms with Gasteiger partial charge in [-0.15, -0.1) is 0 Å². The second-order valence-corrected chi connectivity index (χ2v) is 7.57. The molecule has 3 rings (SSSR count). The SMILES string of the molecule is CC(C)(C)c1cc(C2CC2)cn(CC2CCC2O)c1=O. The van der Waals surface area contributed by atoms with E-state index in [4.69, 9.17) is 0 Å². The maximum absolute atomic E-state index is 12.7. The van der Waals surface area contributed by atoms with E-state index in [2.05, 4.69) is 26.8 Å². The smallest absolute Gasteiger partial charge is 0.254 e. The van der Waals surface area contributed by atoms with Crippen LogP contribution >= 0.6 is 0 Å². The fourth-order valence-electron chi connectivity index (χ4n) is 2.99. The lowest BCUT2D eigenvalue weighted by atomic mass is 9.81. The summed E-state index contributed by atoms with van der Waals surface area (Å²) in [4.78, 5) is 12.7. The molecule has 2 fully saturated rings. The minimum atomic E-state index is -0.218. The largest absolute Gasteiger partial charge is 0.393 e. The van der Waals surface area contributed by atoms with Gasteiger partial charge in [0.15, 0.2) is 0 Å². The highest BCUT2D eigenvalue weighted by Gasteiger charge is 2.31. The monoisotopic (exact) mass is 275 g/mol. The van der Waals surface area contributed by atoms with Crippen LogP contribution in [-0.2, 0) is 12.0 Å². The van der Waals surface area contributed by atoms with Crippen LogP contribution in [0.5, 0.6) is 0 Å². The standard InChI is InChI=1S/C17H25NO2/c1-17(2,3)14-8-13(11-4-5-11)10-18(16(14)20)9-12-6-7-15(12)19/h8,10-12,15,19H,4-7,9H2,1-3H3. The van der Waals surface area contributed by atoms with E-state index in [1.165, 1.54) is 18.4 Å². The number of hydrogen-bond donors (Lipinski definition) is 1. The zero-order valence-corrected chi connectivity index (χ0v) is 12.7. The number of aromatic nitrogens is 1. The first-order chi connectivity index (χ1) is 9.36. The van der Waals surface area contributed by atoms with Crippen molar-refractivity contribution < 1.29 is 5.11 Å². The van der Waals surface area contributed by atoms with E-state index in [0.717, 1.165) is 18.4 Å². The Labute approximate surface area is 120 Å². The minimum absolute atomic E-state index is 0.123. The van der Waals surface area contributed by atoms with E-state index in [1.54, 1.807) is 0 Å². The minimum Gasteiger partial charge on any atom is -0.393 e. The van der Waals surface area contributed by atoms with Crippen LogP contribution in [0.4, 0.5) is 0 Å². The summed E-state index contributed by atoms with van der Waals surface area (Å²) in [6, 6.07) is 2.12. The molecule has 2 atom stereocenters. The fourth-order valence-corrected chi connectivity index (χ4v) is 2.99. The number of aliphatic hydroxyl groups excluding tert-OH is 1. The van der Waals surface area contributed by atoms with Crippen LogP contribution in [0.2, 0.25) is 0 Å². The molecule has 2 unspecified atom stereocenters. The summed E-state index contributed by atoms with van der Waals surface area (Å²) in [5, 5.41) is 9.76. The molecule has 0 radical (unpaired) electrons. The highest BCUT2D eigenvalue weighted by Crippen LogP contribution is 2.40. The highest BCUT2D eigenvalue weighted by atomic mass is 16.3. The Morgan fingerprint density at radius 3 is 2.40 bits per heavy atom.